The number of nitrogens with zero attached hydrogens (tertiary/aromatic N) is 1. The summed E-state index contributed by atoms with van der Waals surface area (Å²) < 4.78 is 12.7. The summed E-state index contributed by atoms with van der Waals surface area (Å²) in [5, 5.41) is 0. The van der Waals surface area contributed by atoms with Crippen molar-refractivity contribution in [1.29, 1.82) is 0 Å². The van der Waals surface area contributed by atoms with Crippen LogP contribution in [0.1, 0.15) is 187 Å². The van der Waals surface area contributed by atoms with Gasteiger partial charge in [-0.1, -0.05) is 177 Å². The first-order chi connectivity index (χ1) is 25.8. The molecule has 0 N–H and O–H groups in total. The molecule has 0 aliphatic carbocycles. The first-order valence-electron chi connectivity index (χ1n) is 22.4. The van der Waals surface area contributed by atoms with E-state index in [4.69, 9.17) is 9.47 Å². The third-order valence-corrected chi connectivity index (χ3v) is 9.96. The Balaban J connectivity index is 2.19. The Morgan fingerprint density at radius 1 is 0.519 bits per heavy atom. The van der Waals surface area contributed by atoms with E-state index in [1.165, 1.54) is 134 Å². The van der Waals surface area contributed by atoms with Gasteiger partial charge in [0.1, 0.15) is 0 Å². The fraction of sp³-hybridized carbons (Fsp3) is 0.714. The fourth-order valence-corrected chi connectivity index (χ4v) is 6.48. The predicted molar refractivity (Wildman–Crippen MR) is 231 cm³/mol. The zero-order chi connectivity index (χ0) is 37.3. The van der Waals surface area contributed by atoms with Crippen molar-refractivity contribution in [3.8, 4) is 0 Å². The number of ether oxygens (including phenoxy) is 2. The molecule has 52 heavy (non-hydrogen) atoms. The summed E-state index contributed by atoms with van der Waals surface area (Å²) in [4.78, 5) is 2.54. The van der Waals surface area contributed by atoms with Crippen molar-refractivity contribution in [2.24, 2.45) is 0 Å². The van der Waals surface area contributed by atoms with Crippen LogP contribution in [0.25, 0.3) is 0 Å². The molecule has 0 saturated carbocycles. The standard InChI is InChI=1S/C49H85NO2/c1-4-7-9-11-13-15-17-19-21-23-25-27-29-31-33-38-44-51-47-49(42-43-50(6-3)46-48-40-36-35-37-41-48)52-45-39-34-32-30-28-26-24-22-20-18-16-14-12-10-8-5-2/h13-16,19-22,35-37,40-41,49H,4-12,17-18,23-34,38-39,42-47H2,1-3H3/b15-13-,16-14-,21-19-,22-20-. The quantitative estimate of drug-likeness (QED) is 0.0499. The molecule has 0 aliphatic heterocycles. The third kappa shape index (κ3) is 33.9. The predicted octanol–water partition coefficient (Wildman–Crippen LogP) is 14.9. The Labute approximate surface area is 324 Å². The van der Waals surface area contributed by atoms with Crippen molar-refractivity contribution in [3.05, 3.63) is 84.5 Å². The van der Waals surface area contributed by atoms with Crippen LogP contribution in [-0.2, 0) is 16.0 Å². The monoisotopic (exact) mass is 720 g/mol. The number of unbranched alkanes of at least 4 members (excludes halogenated alkanes) is 18. The zero-order valence-corrected chi connectivity index (χ0v) is 34.8. The van der Waals surface area contributed by atoms with Gasteiger partial charge in [-0.05, 0) is 95.6 Å². The maximum absolute atomic E-state index is 6.46. The van der Waals surface area contributed by atoms with E-state index in [2.05, 4.69) is 105 Å². The van der Waals surface area contributed by atoms with Crippen molar-refractivity contribution in [2.75, 3.05) is 32.9 Å². The molecule has 1 atom stereocenters. The molecule has 1 rings (SSSR count). The van der Waals surface area contributed by atoms with E-state index in [1.807, 2.05) is 0 Å². The summed E-state index contributed by atoms with van der Waals surface area (Å²) in [6, 6.07) is 10.9. The maximum Gasteiger partial charge on any atom is 0.0820 e. The van der Waals surface area contributed by atoms with E-state index in [-0.39, 0.29) is 6.10 Å². The Morgan fingerprint density at radius 2 is 0.981 bits per heavy atom. The Kier molecular flexibility index (Phi) is 37.2. The van der Waals surface area contributed by atoms with Crippen LogP contribution < -0.4 is 0 Å². The molecule has 0 fully saturated rings. The molecule has 1 aromatic rings. The highest BCUT2D eigenvalue weighted by atomic mass is 16.5. The second-order valence-electron chi connectivity index (χ2n) is 14.9. The van der Waals surface area contributed by atoms with Gasteiger partial charge in [-0.25, -0.2) is 0 Å². The van der Waals surface area contributed by atoms with Crippen LogP contribution in [0.3, 0.4) is 0 Å². The van der Waals surface area contributed by atoms with Crippen molar-refractivity contribution >= 4 is 0 Å². The number of allylic oxidation sites excluding steroid dienone is 8. The SMILES string of the molecule is CCCCC/C=C\C/C=C\CCCCCCCCOCC(CCN(CC)Cc1ccccc1)OCCCCCCCC/C=C\C/C=C\CCCCC. The summed E-state index contributed by atoms with van der Waals surface area (Å²) in [7, 11) is 0. The lowest BCUT2D eigenvalue weighted by Crippen LogP contribution is -2.30. The van der Waals surface area contributed by atoms with E-state index in [0.717, 1.165) is 71.6 Å². The molecule has 1 aromatic carbocycles. The topological polar surface area (TPSA) is 21.7 Å². The Bertz CT molecular complexity index is 951. The molecule has 0 amide bonds. The van der Waals surface area contributed by atoms with E-state index < -0.39 is 0 Å². The van der Waals surface area contributed by atoms with Crippen molar-refractivity contribution in [3.63, 3.8) is 0 Å². The van der Waals surface area contributed by atoms with Gasteiger partial charge in [0.15, 0.2) is 0 Å². The van der Waals surface area contributed by atoms with Gasteiger partial charge in [0, 0.05) is 26.3 Å². The van der Waals surface area contributed by atoms with E-state index in [0.29, 0.717) is 0 Å². The van der Waals surface area contributed by atoms with Crippen LogP contribution in [0.15, 0.2) is 78.9 Å². The zero-order valence-electron chi connectivity index (χ0n) is 34.8. The molecule has 0 bridgehead atoms. The summed E-state index contributed by atoms with van der Waals surface area (Å²) in [6.45, 7) is 12.4. The summed E-state index contributed by atoms with van der Waals surface area (Å²) in [5.41, 5.74) is 1.39. The summed E-state index contributed by atoms with van der Waals surface area (Å²) >= 11 is 0. The van der Waals surface area contributed by atoms with Gasteiger partial charge in [-0.2, -0.15) is 0 Å². The van der Waals surface area contributed by atoms with Gasteiger partial charge in [-0.15, -0.1) is 0 Å². The summed E-state index contributed by atoms with van der Waals surface area (Å²) in [5.74, 6) is 0. The van der Waals surface area contributed by atoms with Gasteiger partial charge in [0.2, 0.25) is 0 Å². The molecule has 1 unspecified atom stereocenters. The first kappa shape index (κ1) is 48.1. The number of rotatable bonds is 39. The minimum atomic E-state index is 0.187. The van der Waals surface area contributed by atoms with Crippen molar-refractivity contribution in [2.45, 2.75) is 194 Å². The van der Waals surface area contributed by atoms with Crippen LogP contribution in [0.5, 0.6) is 0 Å². The fourth-order valence-electron chi connectivity index (χ4n) is 6.48. The number of hydrogen-bond donors (Lipinski definition) is 0. The van der Waals surface area contributed by atoms with Gasteiger partial charge in [0.25, 0.3) is 0 Å². The molecule has 0 spiro atoms. The lowest BCUT2D eigenvalue weighted by atomic mass is 10.1. The molecular weight excluding hydrogens is 635 g/mol. The molecule has 0 aromatic heterocycles. The molecule has 0 heterocycles. The lowest BCUT2D eigenvalue weighted by molar-refractivity contribution is -0.0264. The molecular formula is C49H85NO2. The largest absolute Gasteiger partial charge is 0.379 e. The second-order valence-corrected chi connectivity index (χ2v) is 14.9. The number of hydrogen-bond acceptors (Lipinski definition) is 3. The molecule has 3 nitrogen and oxygen atoms in total. The van der Waals surface area contributed by atoms with E-state index in [1.54, 1.807) is 0 Å². The second kappa shape index (κ2) is 40.2. The maximum atomic E-state index is 6.46. The highest BCUT2D eigenvalue weighted by Gasteiger charge is 2.13. The normalized spacial score (nSPS) is 12.9. The van der Waals surface area contributed by atoms with Gasteiger partial charge >= 0.3 is 0 Å². The van der Waals surface area contributed by atoms with Crippen LogP contribution in [0.4, 0.5) is 0 Å². The van der Waals surface area contributed by atoms with Gasteiger partial charge in [0.05, 0.1) is 12.7 Å². The lowest BCUT2D eigenvalue weighted by Gasteiger charge is -2.24. The minimum absolute atomic E-state index is 0.187. The minimum Gasteiger partial charge on any atom is -0.379 e. The molecule has 0 aliphatic rings. The van der Waals surface area contributed by atoms with E-state index in [9.17, 15) is 0 Å². The highest BCUT2D eigenvalue weighted by molar-refractivity contribution is 5.14. The van der Waals surface area contributed by atoms with Crippen molar-refractivity contribution < 1.29 is 9.47 Å². The highest BCUT2D eigenvalue weighted by Crippen LogP contribution is 2.13. The average Bonchev–Trinajstić information content (AvgIpc) is 3.17. The summed E-state index contributed by atoms with van der Waals surface area (Å²) in [6.07, 6.45) is 50.7. The van der Waals surface area contributed by atoms with Gasteiger partial charge in [-0.3, -0.25) is 4.90 Å². The van der Waals surface area contributed by atoms with Crippen LogP contribution in [0, 0.1) is 0 Å². The number of benzene rings is 1. The van der Waals surface area contributed by atoms with Crippen LogP contribution in [-0.4, -0.2) is 43.9 Å². The van der Waals surface area contributed by atoms with E-state index >= 15 is 0 Å². The van der Waals surface area contributed by atoms with Crippen LogP contribution in [0.2, 0.25) is 0 Å². The Hall–Kier alpha value is -1.94. The molecule has 298 valence electrons. The van der Waals surface area contributed by atoms with Crippen LogP contribution >= 0.6 is 0 Å². The smallest absolute Gasteiger partial charge is 0.0820 e. The van der Waals surface area contributed by atoms with Crippen molar-refractivity contribution in [1.82, 2.24) is 4.90 Å². The molecule has 3 heteroatoms. The average molecular weight is 720 g/mol. The Morgan fingerprint density at radius 3 is 1.48 bits per heavy atom. The molecule has 0 radical (unpaired) electrons. The van der Waals surface area contributed by atoms with Gasteiger partial charge < -0.3 is 9.47 Å². The first-order valence-corrected chi connectivity index (χ1v) is 22.4. The molecule has 0 saturated heterocycles. The third-order valence-electron chi connectivity index (χ3n) is 9.96.